The lowest BCUT2D eigenvalue weighted by molar-refractivity contribution is 0.0587. The number of methoxy groups -OCH3 is 1. The predicted molar refractivity (Wildman–Crippen MR) is 71.5 cm³/mol. The second kappa shape index (κ2) is 5.35. The number of carbonyl (C=O) groups excluding carboxylic acids is 1. The van der Waals surface area contributed by atoms with Crippen LogP contribution < -0.4 is 0 Å². The molecule has 2 rings (SSSR count). The Morgan fingerprint density at radius 3 is 2.67 bits per heavy atom. The van der Waals surface area contributed by atoms with Gasteiger partial charge in [0.1, 0.15) is 10.3 Å². The Morgan fingerprint density at radius 1 is 1.39 bits per heavy atom. The molecule has 0 amide bonds. The number of hydrogen-bond acceptors (Lipinski definition) is 3. The molecule has 18 heavy (non-hydrogen) atoms. The van der Waals surface area contributed by atoms with Gasteiger partial charge in [-0.3, -0.25) is 4.68 Å². The third-order valence-electron chi connectivity index (χ3n) is 2.60. The van der Waals surface area contributed by atoms with E-state index in [9.17, 15) is 4.79 Å². The highest BCUT2D eigenvalue weighted by molar-refractivity contribution is 9.10. The standard InChI is InChI=1S/C13H13BrN2O2/c1-9-3-5-10(6-4-9)8-16-11(13(17)18-2)7-12(14)15-16/h3-7H,8H2,1-2H3. The molecule has 0 aliphatic carbocycles. The first-order valence-corrected chi connectivity index (χ1v) is 6.26. The highest BCUT2D eigenvalue weighted by Crippen LogP contribution is 2.14. The molecule has 0 aliphatic rings. The van der Waals surface area contributed by atoms with E-state index in [1.807, 2.05) is 31.2 Å². The van der Waals surface area contributed by atoms with Crippen molar-refractivity contribution in [3.8, 4) is 0 Å². The topological polar surface area (TPSA) is 44.1 Å². The Labute approximate surface area is 114 Å². The van der Waals surface area contributed by atoms with Crippen molar-refractivity contribution in [1.82, 2.24) is 9.78 Å². The van der Waals surface area contributed by atoms with Crippen LogP contribution in [0.5, 0.6) is 0 Å². The van der Waals surface area contributed by atoms with Crippen molar-refractivity contribution >= 4 is 21.9 Å². The van der Waals surface area contributed by atoms with Gasteiger partial charge in [-0.1, -0.05) is 29.8 Å². The molecular formula is C13H13BrN2O2. The molecule has 1 aromatic heterocycles. The van der Waals surface area contributed by atoms with Crippen molar-refractivity contribution in [3.05, 3.63) is 51.8 Å². The Hall–Kier alpha value is -1.62. The minimum absolute atomic E-state index is 0.389. The lowest BCUT2D eigenvalue weighted by Gasteiger charge is -2.06. The monoisotopic (exact) mass is 308 g/mol. The third-order valence-corrected chi connectivity index (χ3v) is 2.99. The molecule has 0 saturated carbocycles. The van der Waals surface area contributed by atoms with Crippen molar-refractivity contribution in [2.75, 3.05) is 7.11 Å². The number of aryl methyl sites for hydroxylation is 1. The zero-order valence-electron chi connectivity index (χ0n) is 10.2. The molecule has 0 bridgehead atoms. The maximum absolute atomic E-state index is 11.6. The summed E-state index contributed by atoms with van der Waals surface area (Å²) in [6, 6.07) is 9.76. The molecule has 0 spiro atoms. The quantitative estimate of drug-likeness (QED) is 0.819. The number of rotatable bonds is 3. The van der Waals surface area contributed by atoms with E-state index in [1.54, 1.807) is 10.7 Å². The molecule has 0 unspecified atom stereocenters. The van der Waals surface area contributed by atoms with Gasteiger partial charge in [0.15, 0.2) is 0 Å². The average molecular weight is 309 g/mol. The number of nitrogens with zero attached hydrogens (tertiary/aromatic N) is 2. The summed E-state index contributed by atoms with van der Waals surface area (Å²) in [4.78, 5) is 11.6. The summed E-state index contributed by atoms with van der Waals surface area (Å²) in [5.41, 5.74) is 2.72. The molecule has 5 heteroatoms. The molecule has 0 atom stereocenters. The van der Waals surface area contributed by atoms with E-state index in [1.165, 1.54) is 12.7 Å². The molecule has 0 saturated heterocycles. The maximum Gasteiger partial charge on any atom is 0.356 e. The fourth-order valence-corrected chi connectivity index (χ4v) is 2.05. The van der Waals surface area contributed by atoms with Gasteiger partial charge in [0.2, 0.25) is 0 Å². The molecule has 0 radical (unpaired) electrons. The Balaban J connectivity index is 2.28. The summed E-state index contributed by atoms with van der Waals surface area (Å²) in [6.45, 7) is 2.57. The van der Waals surface area contributed by atoms with E-state index in [2.05, 4.69) is 21.0 Å². The minimum atomic E-state index is -0.389. The molecule has 4 nitrogen and oxygen atoms in total. The van der Waals surface area contributed by atoms with Crippen LogP contribution in [0.3, 0.4) is 0 Å². The molecule has 1 aromatic carbocycles. The Morgan fingerprint density at radius 2 is 2.06 bits per heavy atom. The molecule has 0 fully saturated rings. The SMILES string of the molecule is COC(=O)c1cc(Br)nn1Cc1ccc(C)cc1. The summed E-state index contributed by atoms with van der Waals surface area (Å²) in [7, 11) is 1.36. The van der Waals surface area contributed by atoms with Crippen LogP contribution in [0, 0.1) is 6.92 Å². The largest absolute Gasteiger partial charge is 0.464 e. The number of benzene rings is 1. The van der Waals surface area contributed by atoms with Gasteiger partial charge in [0.05, 0.1) is 13.7 Å². The van der Waals surface area contributed by atoms with Crippen molar-refractivity contribution in [1.29, 1.82) is 0 Å². The van der Waals surface area contributed by atoms with Gasteiger partial charge in [-0.2, -0.15) is 5.10 Å². The van der Waals surface area contributed by atoms with Crippen LogP contribution in [-0.2, 0) is 11.3 Å². The molecule has 0 aliphatic heterocycles. The lowest BCUT2D eigenvalue weighted by atomic mass is 10.1. The summed E-state index contributed by atoms with van der Waals surface area (Å²) < 4.78 is 6.97. The van der Waals surface area contributed by atoms with Gasteiger partial charge in [0, 0.05) is 6.07 Å². The van der Waals surface area contributed by atoms with Gasteiger partial charge >= 0.3 is 5.97 Å². The Bertz CT molecular complexity index is 561. The number of ether oxygens (including phenoxy) is 1. The van der Waals surface area contributed by atoms with Crippen LogP contribution in [-0.4, -0.2) is 22.9 Å². The van der Waals surface area contributed by atoms with Crippen LogP contribution in [0.25, 0.3) is 0 Å². The summed E-state index contributed by atoms with van der Waals surface area (Å²) >= 11 is 3.27. The number of esters is 1. The van der Waals surface area contributed by atoms with Crippen LogP contribution in [0.1, 0.15) is 21.6 Å². The molecule has 2 aromatic rings. The maximum atomic E-state index is 11.6. The minimum Gasteiger partial charge on any atom is -0.464 e. The summed E-state index contributed by atoms with van der Waals surface area (Å²) in [5, 5.41) is 4.23. The van der Waals surface area contributed by atoms with Crippen molar-refractivity contribution in [2.24, 2.45) is 0 Å². The van der Waals surface area contributed by atoms with Gasteiger partial charge in [-0.15, -0.1) is 0 Å². The first kappa shape index (κ1) is 12.8. The lowest BCUT2D eigenvalue weighted by Crippen LogP contribution is -2.12. The first-order chi connectivity index (χ1) is 8.60. The van der Waals surface area contributed by atoms with Crippen LogP contribution in [0.4, 0.5) is 0 Å². The highest BCUT2D eigenvalue weighted by atomic mass is 79.9. The molecule has 94 valence electrons. The van der Waals surface area contributed by atoms with E-state index in [4.69, 9.17) is 4.74 Å². The van der Waals surface area contributed by atoms with E-state index in [0.717, 1.165) is 5.56 Å². The second-order valence-corrected chi connectivity index (χ2v) is 4.80. The number of aromatic nitrogens is 2. The summed E-state index contributed by atoms with van der Waals surface area (Å²) in [5.74, 6) is -0.389. The fourth-order valence-electron chi connectivity index (χ4n) is 1.64. The highest BCUT2D eigenvalue weighted by Gasteiger charge is 2.14. The molecule has 1 heterocycles. The van der Waals surface area contributed by atoms with Crippen molar-refractivity contribution in [3.63, 3.8) is 0 Å². The van der Waals surface area contributed by atoms with E-state index in [0.29, 0.717) is 16.8 Å². The molecule has 0 N–H and O–H groups in total. The van der Waals surface area contributed by atoms with Crippen LogP contribution in [0.2, 0.25) is 0 Å². The Kier molecular flexibility index (Phi) is 3.81. The third kappa shape index (κ3) is 2.79. The zero-order valence-corrected chi connectivity index (χ0v) is 11.8. The number of halogens is 1. The zero-order chi connectivity index (χ0) is 13.1. The van der Waals surface area contributed by atoms with Gasteiger partial charge in [-0.05, 0) is 28.4 Å². The van der Waals surface area contributed by atoms with Crippen molar-refractivity contribution in [2.45, 2.75) is 13.5 Å². The van der Waals surface area contributed by atoms with Crippen LogP contribution >= 0.6 is 15.9 Å². The average Bonchev–Trinajstić information content (AvgIpc) is 2.72. The van der Waals surface area contributed by atoms with Crippen LogP contribution in [0.15, 0.2) is 34.9 Å². The first-order valence-electron chi connectivity index (χ1n) is 5.47. The van der Waals surface area contributed by atoms with E-state index in [-0.39, 0.29) is 5.97 Å². The predicted octanol–water partition coefficient (Wildman–Crippen LogP) is 2.79. The van der Waals surface area contributed by atoms with Gasteiger partial charge in [-0.25, -0.2) is 4.79 Å². The molecular weight excluding hydrogens is 296 g/mol. The van der Waals surface area contributed by atoms with E-state index < -0.39 is 0 Å². The van der Waals surface area contributed by atoms with Gasteiger partial charge in [0.25, 0.3) is 0 Å². The second-order valence-electron chi connectivity index (χ2n) is 3.99. The van der Waals surface area contributed by atoms with Crippen molar-refractivity contribution < 1.29 is 9.53 Å². The number of hydrogen-bond donors (Lipinski definition) is 0. The smallest absolute Gasteiger partial charge is 0.356 e. The summed E-state index contributed by atoms with van der Waals surface area (Å²) in [6.07, 6.45) is 0. The number of carbonyl (C=O) groups is 1. The van der Waals surface area contributed by atoms with E-state index >= 15 is 0 Å². The normalized spacial score (nSPS) is 10.4. The van der Waals surface area contributed by atoms with Gasteiger partial charge < -0.3 is 4.74 Å². The fraction of sp³-hybridized carbons (Fsp3) is 0.231.